The van der Waals surface area contributed by atoms with Crippen molar-refractivity contribution in [2.24, 2.45) is 5.92 Å². The third-order valence-electron chi connectivity index (χ3n) is 4.24. The summed E-state index contributed by atoms with van der Waals surface area (Å²) in [6, 6.07) is 0. The molecule has 22 nitrogen and oxygen atoms in total. The molecule has 0 aromatic rings. The van der Waals surface area contributed by atoms with Crippen molar-refractivity contribution < 1.29 is 105 Å². The molecule has 0 saturated heterocycles. The first-order valence-corrected chi connectivity index (χ1v) is 15.2. The number of hydrogen-bond donors (Lipinski definition) is 11. The van der Waals surface area contributed by atoms with Crippen molar-refractivity contribution in [1.82, 2.24) is 0 Å². The van der Waals surface area contributed by atoms with Crippen molar-refractivity contribution in [2.75, 3.05) is 6.61 Å². The highest BCUT2D eigenvalue weighted by atomic mass is 31.2. The maximum Gasteiger partial charge on any atom is 0.472 e. The number of phosphoric ester groups is 4. The van der Waals surface area contributed by atoms with Crippen molar-refractivity contribution in [1.29, 1.82) is 0 Å². The van der Waals surface area contributed by atoms with Gasteiger partial charge in [-0.1, -0.05) is 0 Å². The Bertz CT molecular complexity index is 972. The summed E-state index contributed by atoms with van der Waals surface area (Å²) in [6.07, 6.45) is -17.8. The van der Waals surface area contributed by atoms with E-state index in [0.717, 1.165) is 0 Å². The lowest BCUT2D eigenvalue weighted by molar-refractivity contribution is -0.209. The summed E-state index contributed by atoms with van der Waals surface area (Å²) in [6.45, 7) is -1.32. The number of rotatable bonds is 14. The van der Waals surface area contributed by atoms with E-state index in [1.165, 1.54) is 0 Å². The molecule has 3 unspecified atom stereocenters. The Hall–Kier alpha value is -0.700. The molecule has 1 fully saturated rings. The van der Waals surface area contributed by atoms with Gasteiger partial charge in [-0.2, -0.15) is 0 Å². The third-order valence-corrected chi connectivity index (χ3v) is 6.77. The fourth-order valence-electron chi connectivity index (χ4n) is 2.91. The van der Waals surface area contributed by atoms with Gasteiger partial charge in [-0.15, -0.1) is 0 Å². The van der Waals surface area contributed by atoms with E-state index in [9.17, 15) is 43.0 Å². The second-order valence-electron chi connectivity index (χ2n) is 7.13. The van der Waals surface area contributed by atoms with E-state index in [1.807, 2.05) is 0 Å². The number of carboxylic acids is 2. The zero-order valence-corrected chi connectivity index (χ0v) is 21.2. The molecule has 1 rings (SSSR count). The molecule has 0 aromatic heterocycles. The minimum Gasteiger partial charge on any atom is -0.481 e. The number of hydrogen-bond acceptors (Lipinski definition) is 13. The van der Waals surface area contributed by atoms with Gasteiger partial charge < -0.3 is 54.7 Å². The molecule has 8 atom stereocenters. The van der Waals surface area contributed by atoms with Crippen LogP contribution in [-0.4, -0.2) is 110 Å². The highest BCUT2D eigenvalue weighted by Gasteiger charge is 2.58. The average molecular weight is 630 g/mol. The van der Waals surface area contributed by atoms with Crippen LogP contribution in [0, 0.1) is 5.92 Å². The summed E-state index contributed by atoms with van der Waals surface area (Å²) in [4.78, 5) is 86.0. The van der Waals surface area contributed by atoms with Gasteiger partial charge in [-0.25, -0.2) is 18.3 Å². The number of carbonyl (C=O) groups is 2. The quantitative estimate of drug-likeness (QED) is 0.0843. The standard InChI is InChI=1S/C11H22O22P4/c12-4(13)1-3(11(16)17)2-29-37(27,28)33-7-5(14)8(30-34(18,19)20)10(32-36(24,25)26)9(6(7)15)31-35(21,22)23/h3,5-10,14-15H,1-2H2,(H,12,13)(H,16,17)(H,27,28)(H2,18,19,20)(H2,21,22,23)(H2,24,25,26)/t3-,5-,6-,7?,8-,9+,10?/m0/s1. The molecule has 1 aliphatic rings. The average Bonchev–Trinajstić information content (AvgIpc) is 2.65. The first-order chi connectivity index (χ1) is 16.4. The van der Waals surface area contributed by atoms with Crippen LogP contribution in [0.15, 0.2) is 0 Å². The first-order valence-electron chi connectivity index (χ1n) is 9.11. The molecule has 218 valence electrons. The minimum absolute atomic E-state index is 1.11. The van der Waals surface area contributed by atoms with Gasteiger partial charge in [0.2, 0.25) is 0 Å². The zero-order chi connectivity index (χ0) is 29.1. The van der Waals surface area contributed by atoms with Crippen LogP contribution in [-0.2, 0) is 50.5 Å². The van der Waals surface area contributed by atoms with Crippen LogP contribution in [0.2, 0.25) is 0 Å². The Kier molecular flexibility index (Phi) is 11.7. The van der Waals surface area contributed by atoms with Crippen LogP contribution in [0.4, 0.5) is 0 Å². The Balaban J connectivity index is 3.39. The molecule has 0 spiro atoms. The Morgan fingerprint density at radius 3 is 1.35 bits per heavy atom. The van der Waals surface area contributed by atoms with Gasteiger partial charge in [0.25, 0.3) is 0 Å². The van der Waals surface area contributed by atoms with E-state index in [2.05, 4.69) is 22.6 Å². The fourth-order valence-corrected chi connectivity index (χ4v) is 5.58. The van der Waals surface area contributed by atoms with Crippen molar-refractivity contribution >= 4 is 43.2 Å². The molecule has 0 bridgehead atoms. The van der Waals surface area contributed by atoms with E-state index < -0.39 is 98.8 Å². The summed E-state index contributed by atoms with van der Waals surface area (Å²) >= 11 is 0. The smallest absolute Gasteiger partial charge is 0.472 e. The van der Waals surface area contributed by atoms with Crippen LogP contribution in [0.3, 0.4) is 0 Å². The lowest BCUT2D eigenvalue weighted by Gasteiger charge is -2.45. The summed E-state index contributed by atoms with van der Waals surface area (Å²) < 4.78 is 67.4. The largest absolute Gasteiger partial charge is 0.481 e. The normalized spacial score (nSPS) is 29.9. The molecule has 26 heteroatoms. The predicted octanol–water partition coefficient (Wildman–Crippen LogP) is -3.17. The summed E-state index contributed by atoms with van der Waals surface area (Å²) in [5, 5.41) is 38.4. The summed E-state index contributed by atoms with van der Waals surface area (Å²) in [7, 11) is -22.9. The topological polar surface area (TPSA) is 371 Å². The zero-order valence-electron chi connectivity index (χ0n) is 17.7. The van der Waals surface area contributed by atoms with Gasteiger partial charge in [-0.3, -0.25) is 32.2 Å². The maximum absolute atomic E-state index is 12.3. The number of phosphoric acid groups is 4. The molecular weight excluding hydrogens is 608 g/mol. The molecule has 0 aliphatic heterocycles. The SMILES string of the molecule is O=C(O)C[C@@H](COP(=O)(O)OC1[C@H](O)[C@H](OP(=O)(O)O)C(OP(=O)(O)O)[C@H](OP(=O)(O)O)[C@H]1O)C(=O)O. The van der Waals surface area contributed by atoms with Gasteiger partial charge >= 0.3 is 43.2 Å². The van der Waals surface area contributed by atoms with Crippen molar-refractivity contribution in [3.63, 3.8) is 0 Å². The van der Waals surface area contributed by atoms with Crippen molar-refractivity contribution in [3.05, 3.63) is 0 Å². The first kappa shape index (κ1) is 34.3. The predicted molar refractivity (Wildman–Crippen MR) is 107 cm³/mol. The molecule has 0 radical (unpaired) electrons. The lowest BCUT2D eigenvalue weighted by atomic mass is 9.85. The highest BCUT2D eigenvalue weighted by molar-refractivity contribution is 7.47. The number of carboxylic acid groups (broad SMARTS) is 2. The van der Waals surface area contributed by atoms with Gasteiger partial charge in [-0.05, 0) is 0 Å². The maximum atomic E-state index is 12.3. The molecular formula is C11H22O22P4. The van der Waals surface area contributed by atoms with Crippen molar-refractivity contribution in [3.8, 4) is 0 Å². The second-order valence-corrected chi connectivity index (χ2v) is 12.1. The van der Waals surface area contributed by atoms with Gasteiger partial charge in [0.05, 0.1) is 18.9 Å². The van der Waals surface area contributed by atoms with Crippen molar-refractivity contribution in [2.45, 2.75) is 43.0 Å². The Labute approximate surface area is 204 Å². The van der Waals surface area contributed by atoms with E-state index >= 15 is 0 Å². The summed E-state index contributed by atoms with van der Waals surface area (Å²) in [5.74, 6) is -5.39. The van der Waals surface area contributed by atoms with Crippen LogP contribution in [0.1, 0.15) is 6.42 Å². The van der Waals surface area contributed by atoms with Crippen LogP contribution < -0.4 is 0 Å². The Morgan fingerprint density at radius 1 is 0.649 bits per heavy atom. The third kappa shape index (κ3) is 11.9. The molecule has 37 heavy (non-hydrogen) atoms. The van der Waals surface area contributed by atoms with E-state index in [-0.39, 0.29) is 0 Å². The van der Waals surface area contributed by atoms with Gasteiger partial charge in [0.1, 0.15) is 36.6 Å². The molecule has 0 amide bonds. The number of aliphatic hydroxyl groups excluding tert-OH is 2. The lowest BCUT2D eigenvalue weighted by Crippen LogP contribution is -2.65. The van der Waals surface area contributed by atoms with E-state index in [4.69, 9.17) is 39.6 Å². The monoisotopic (exact) mass is 630 g/mol. The Morgan fingerprint density at radius 2 is 1.03 bits per heavy atom. The van der Waals surface area contributed by atoms with Crippen LogP contribution in [0.25, 0.3) is 0 Å². The molecule has 1 aliphatic carbocycles. The summed E-state index contributed by atoms with van der Waals surface area (Å²) in [5.41, 5.74) is 0. The molecule has 1 saturated carbocycles. The van der Waals surface area contributed by atoms with E-state index in [0.29, 0.717) is 0 Å². The second kappa shape index (κ2) is 12.6. The van der Waals surface area contributed by atoms with Crippen LogP contribution >= 0.6 is 31.3 Å². The molecule has 0 heterocycles. The highest BCUT2D eigenvalue weighted by Crippen LogP contribution is 2.53. The molecule has 11 N–H and O–H groups in total. The fraction of sp³-hybridized carbons (Fsp3) is 0.818. The molecule has 0 aromatic carbocycles. The number of aliphatic carboxylic acids is 2. The van der Waals surface area contributed by atoms with Gasteiger partial charge in [0.15, 0.2) is 0 Å². The minimum atomic E-state index is -5.76. The van der Waals surface area contributed by atoms with Gasteiger partial charge in [0, 0.05) is 0 Å². The van der Waals surface area contributed by atoms with E-state index in [1.54, 1.807) is 0 Å². The number of aliphatic hydroxyl groups is 2. The van der Waals surface area contributed by atoms with Crippen LogP contribution in [0.5, 0.6) is 0 Å².